The van der Waals surface area contributed by atoms with E-state index in [0.29, 0.717) is 5.92 Å². The summed E-state index contributed by atoms with van der Waals surface area (Å²) in [7, 11) is 0. The van der Waals surface area contributed by atoms with Crippen LogP contribution in [0.2, 0.25) is 5.02 Å². The number of nitrogens with one attached hydrogen (secondary N) is 1. The minimum Gasteiger partial charge on any atom is -0.379 e. The fourth-order valence-electron chi connectivity index (χ4n) is 2.10. The molecule has 106 valence electrons. The van der Waals surface area contributed by atoms with Gasteiger partial charge in [0.05, 0.1) is 5.02 Å². The number of benzene rings is 2. The van der Waals surface area contributed by atoms with Gasteiger partial charge in [0.1, 0.15) is 5.82 Å². The van der Waals surface area contributed by atoms with E-state index < -0.39 is 0 Å². The number of anilines is 1. The molecular formula is C17H19ClFN. The third-order valence-electron chi connectivity index (χ3n) is 3.38. The van der Waals surface area contributed by atoms with Crippen molar-refractivity contribution in [2.45, 2.75) is 32.7 Å². The average molecular weight is 292 g/mol. The Morgan fingerprint density at radius 1 is 1.00 bits per heavy atom. The molecule has 0 amide bonds. The molecule has 0 saturated heterocycles. The molecule has 0 aliphatic carbocycles. The number of hydrogen-bond acceptors (Lipinski definition) is 1. The van der Waals surface area contributed by atoms with E-state index in [-0.39, 0.29) is 16.9 Å². The molecule has 0 aliphatic heterocycles. The Morgan fingerprint density at radius 2 is 1.75 bits per heavy atom. The van der Waals surface area contributed by atoms with E-state index in [1.807, 2.05) is 25.1 Å². The summed E-state index contributed by atoms with van der Waals surface area (Å²) in [6.45, 7) is 6.33. The number of hydrogen-bond donors (Lipinski definition) is 1. The molecule has 2 rings (SSSR count). The highest BCUT2D eigenvalue weighted by Crippen LogP contribution is 2.25. The first kappa shape index (κ1) is 14.9. The fourth-order valence-corrected chi connectivity index (χ4v) is 2.22. The van der Waals surface area contributed by atoms with Crippen molar-refractivity contribution < 1.29 is 4.39 Å². The van der Waals surface area contributed by atoms with Crippen molar-refractivity contribution in [3.05, 3.63) is 64.4 Å². The zero-order valence-corrected chi connectivity index (χ0v) is 12.7. The van der Waals surface area contributed by atoms with Crippen molar-refractivity contribution in [3.8, 4) is 0 Å². The molecule has 0 bridgehead atoms. The molecule has 20 heavy (non-hydrogen) atoms. The normalized spacial score (nSPS) is 12.5. The van der Waals surface area contributed by atoms with Crippen molar-refractivity contribution in [2.75, 3.05) is 5.32 Å². The molecule has 0 heterocycles. The van der Waals surface area contributed by atoms with Crippen LogP contribution in [0, 0.1) is 5.82 Å². The summed E-state index contributed by atoms with van der Waals surface area (Å²) in [5, 5.41) is 3.55. The fraction of sp³-hybridized carbons (Fsp3) is 0.294. The molecule has 0 saturated carbocycles. The number of halogens is 2. The average Bonchev–Trinajstić information content (AvgIpc) is 2.42. The molecule has 0 aliphatic rings. The highest BCUT2D eigenvalue weighted by atomic mass is 35.5. The van der Waals surface area contributed by atoms with Gasteiger partial charge in [0.2, 0.25) is 0 Å². The number of rotatable bonds is 4. The molecule has 2 aromatic carbocycles. The Labute approximate surface area is 124 Å². The van der Waals surface area contributed by atoms with Crippen LogP contribution in [0.25, 0.3) is 0 Å². The summed E-state index contributed by atoms with van der Waals surface area (Å²) < 4.78 is 13.5. The van der Waals surface area contributed by atoms with Gasteiger partial charge in [-0.2, -0.15) is 0 Å². The lowest BCUT2D eigenvalue weighted by molar-refractivity contribution is 0.624. The third kappa shape index (κ3) is 3.51. The van der Waals surface area contributed by atoms with Crippen molar-refractivity contribution in [3.63, 3.8) is 0 Å². The van der Waals surface area contributed by atoms with Crippen LogP contribution in [-0.4, -0.2) is 0 Å². The van der Waals surface area contributed by atoms with Gasteiger partial charge in [-0.15, -0.1) is 0 Å². The Balaban J connectivity index is 2.16. The lowest BCUT2D eigenvalue weighted by Crippen LogP contribution is -2.07. The Kier molecular flexibility index (Phi) is 4.66. The maximum Gasteiger partial charge on any atom is 0.142 e. The highest BCUT2D eigenvalue weighted by molar-refractivity contribution is 6.30. The molecule has 1 N–H and O–H groups in total. The first-order valence-corrected chi connectivity index (χ1v) is 7.16. The Hall–Kier alpha value is -1.54. The van der Waals surface area contributed by atoms with E-state index in [0.717, 1.165) is 11.3 Å². The van der Waals surface area contributed by atoms with Gasteiger partial charge < -0.3 is 5.32 Å². The minimum absolute atomic E-state index is 0.0178. The maximum absolute atomic E-state index is 13.5. The van der Waals surface area contributed by atoms with E-state index in [4.69, 9.17) is 11.6 Å². The van der Waals surface area contributed by atoms with Gasteiger partial charge in [-0.3, -0.25) is 0 Å². The molecule has 3 heteroatoms. The van der Waals surface area contributed by atoms with Gasteiger partial charge in [-0.05, 0) is 48.2 Å². The van der Waals surface area contributed by atoms with Crippen LogP contribution < -0.4 is 5.32 Å². The molecule has 1 atom stereocenters. The van der Waals surface area contributed by atoms with Crippen molar-refractivity contribution in [2.24, 2.45) is 0 Å². The summed E-state index contributed by atoms with van der Waals surface area (Å²) in [5.74, 6) is 0.105. The van der Waals surface area contributed by atoms with Gasteiger partial charge in [0.15, 0.2) is 0 Å². The maximum atomic E-state index is 13.5. The van der Waals surface area contributed by atoms with Crippen LogP contribution >= 0.6 is 11.6 Å². The summed E-state index contributed by atoms with van der Waals surface area (Å²) >= 11 is 5.71. The zero-order valence-electron chi connectivity index (χ0n) is 12.0. The quantitative estimate of drug-likeness (QED) is 0.753. The first-order chi connectivity index (χ1) is 9.47. The lowest BCUT2D eigenvalue weighted by Gasteiger charge is -2.17. The Morgan fingerprint density at radius 3 is 2.40 bits per heavy atom. The predicted molar refractivity (Wildman–Crippen MR) is 84.0 cm³/mol. The molecule has 1 unspecified atom stereocenters. The van der Waals surface area contributed by atoms with E-state index in [1.54, 1.807) is 6.07 Å². The molecule has 0 aromatic heterocycles. The Bertz CT molecular complexity index is 595. The van der Waals surface area contributed by atoms with E-state index >= 15 is 0 Å². The predicted octanol–water partition coefficient (Wildman–Crippen LogP) is 5.78. The van der Waals surface area contributed by atoms with Crippen LogP contribution in [0.5, 0.6) is 0 Å². The van der Waals surface area contributed by atoms with Crippen LogP contribution in [-0.2, 0) is 0 Å². The van der Waals surface area contributed by atoms with Gasteiger partial charge in [0, 0.05) is 11.7 Å². The van der Waals surface area contributed by atoms with Crippen LogP contribution in [0.4, 0.5) is 10.1 Å². The van der Waals surface area contributed by atoms with Gasteiger partial charge in [0.25, 0.3) is 0 Å². The second-order valence-corrected chi connectivity index (χ2v) is 5.73. The first-order valence-electron chi connectivity index (χ1n) is 6.79. The second-order valence-electron chi connectivity index (χ2n) is 5.32. The highest BCUT2D eigenvalue weighted by Gasteiger charge is 2.09. The van der Waals surface area contributed by atoms with Gasteiger partial charge in [-0.25, -0.2) is 4.39 Å². The minimum atomic E-state index is -0.381. The summed E-state index contributed by atoms with van der Waals surface area (Å²) in [6, 6.07) is 13.2. The monoisotopic (exact) mass is 291 g/mol. The van der Waals surface area contributed by atoms with E-state index in [2.05, 4.69) is 31.3 Å². The molecule has 0 fully saturated rings. The van der Waals surface area contributed by atoms with Crippen LogP contribution in [0.15, 0.2) is 42.5 Å². The van der Waals surface area contributed by atoms with Crippen LogP contribution in [0.3, 0.4) is 0 Å². The van der Waals surface area contributed by atoms with E-state index in [9.17, 15) is 4.39 Å². The summed E-state index contributed by atoms with van der Waals surface area (Å²) in [4.78, 5) is 0. The molecule has 0 radical (unpaired) electrons. The van der Waals surface area contributed by atoms with Gasteiger partial charge in [-0.1, -0.05) is 43.6 Å². The van der Waals surface area contributed by atoms with Crippen molar-refractivity contribution in [1.29, 1.82) is 0 Å². The zero-order chi connectivity index (χ0) is 14.7. The van der Waals surface area contributed by atoms with E-state index in [1.165, 1.54) is 11.6 Å². The second kappa shape index (κ2) is 6.27. The molecule has 1 nitrogen and oxygen atoms in total. The van der Waals surface area contributed by atoms with Crippen LogP contribution in [0.1, 0.15) is 43.9 Å². The lowest BCUT2D eigenvalue weighted by atomic mass is 10.0. The van der Waals surface area contributed by atoms with Gasteiger partial charge >= 0.3 is 0 Å². The SMILES string of the molecule is CC(C)c1cccc(NC(C)c2ccc(Cl)c(F)c2)c1. The third-order valence-corrected chi connectivity index (χ3v) is 3.69. The molecule has 0 spiro atoms. The topological polar surface area (TPSA) is 12.0 Å². The van der Waals surface area contributed by atoms with Crippen molar-refractivity contribution >= 4 is 17.3 Å². The summed E-state index contributed by atoms with van der Waals surface area (Å²) in [6.07, 6.45) is 0. The standard InChI is InChI=1S/C17H19ClFN/c1-11(2)13-5-4-6-15(9-13)20-12(3)14-7-8-16(18)17(19)10-14/h4-12,20H,1-3H3. The summed E-state index contributed by atoms with van der Waals surface area (Å²) in [5.41, 5.74) is 3.20. The molecule has 2 aromatic rings. The smallest absolute Gasteiger partial charge is 0.142 e. The molecular weight excluding hydrogens is 273 g/mol. The largest absolute Gasteiger partial charge is 0.379 e. The van der Waals surface area contributed by atoms with Crippen molar-refractivity contribution in [1.82, 2.24) is 0 Å².